The number of carbonyl (C=O) groups is 1. The molecule has 1 atom stereocenters. The quantitative estimate of drug-likeness (QED) is 0.804. The van der Waals surface area contributed by atoms with Gasteiger partial charge >= 0.3 is 0 Å². The number of amides is 1. The van der Waals surface area contributed by atoms with Crippen LogP contribution in [0.25, 0.3) is 0 Å². The van der Waals surface area contributed by atoms with Crippen LogP contribution in [0, 0.1) is 18.3 Å². The third-order valence-electron chi connectivity index (χ3n) is 4.93. The highest BCUT2D eigenvalue weighted by atomic mass is 32.2. The number of aryl methyl sites for hydroxylation is 2. The Labute approximate surface area is 148 Å². The topological polar surface area (TPSA) is 93.5 Å². The van der Waals surface area contributed by atoms with Gasteiger partial charge in [-0.1, -0.05) is 6.92 Å². The van der Waals surface area contributed by atoms with Crippen LogP contribution in [0.15, 0.2) is 11.1 Å². The van der Waals surface area contributed by atoms with E-state index in [2.05, 4.69) is 17.3 Å². The first-order valence-corrected chi connectivity index (χ1v) is 10.0. The molecular weight excluding hydrogens is 344 g/mol. The number of rotatable bonds is 5. The first-order valence-electron chi connectivity index (χ1n) is 8.57. The van der Waals surface area contributed by atoms with E-state index in [-0.39, 0.29) is 28.7 Å². The van der Waals surface area contributed by atoms with Gasteiger partial charge in [-0.25, -0.2) is 8.42 Å². The summed E-state index contributed by atoms with van der Waals surface area (Å²) in [6.45, 7) is 6.28. The molecule has 1 amide bonds. The second-order valence-corrected chi connectivity index (χ2v) is 9.38. The van der Waals surface area contributed by atoms with Crippen LogP contribution in [0.1, 0.15) is 25.5 Å². The van der Waals surface area contributed by atoms with Gasteiger partial charge in [-0.3, -0.25) is 9.48 Å². The lowest BCUT2D eigenvalue weighted by molar-refractivity contribution is -0.131. The average molecular weight is 370 g/mol. The molecule has 1 aromatic rings. The van der Waals surface area contributed by atoms with Gasteiger partial charge in [0.1, 0.15) is 4.90 Å². The summed E-state index contributed by atoms with van der Waals surface area (Å²) >= 11 is 0. The van der Waals surface area contributed by atoms with Crippen molar-refractivity contribution in [2.45, 2.75) is 31.6 Å². The minimum atomic E-state index is -3.63. The molecule has 0 aromatic carbocycles. The van der Waals surface area contributed by atoms with Crippen LogP contribution in [0.5, 0.6) is 0 Å². The number of ether oxygens (including phenoxy) is 1. The van der Waals surface area contributed by atoms with Crippen LogP contribution in [0.2, 0.25) is 0 Å². The van der Waals surface area contributed by atoms with Crippen molar-refractivity contribution >= 4 is 15.9 Å². The van der Waals surface area contributed by atoms with Crippen molar-refractivity contribution in [2.75, 3.05) is 32.8 Å². The molecule has 3 heterocycles. The Morgan fingerprint density at radius 1 is 1.48 bits per heavy atom. The number of aromatic nitrogens is 2. The molecule has 0 unspecified atom stereocenters. The maximum Gasteiger partial charge on any atom is 0.246 e. The minimum absolute atomic E-state index is 0.00289. The van der Waals surface area contributed by atoms with Crippen LogP contribution in [0.3, 0.4) is 0 Å². The predicted octanol–water partition coefficient (Wildman–Crippen LogP) is 0.282. The lowest BCUT2D eigenvalue weighted by Gasteiger charge is -2.38. The van der Waals surface area contributed by atoms with Gasteiger partial charge in [0.25, 0.3) is 0 Å². The fourth-order valence-electron chi connectivity index (χ4n) is 3.34. The summed E-state index contributed by atoms with van der Waals surface area (Å²) in [6, 6.07) is 0. The molecule has 140 valence electrons. The first kappa shape index (κ1) is 18.3. The second-order valence-electron chi connectivity index (χ2n) is 7.48. The third-order valence-corrected chi connectivity index (χ3v) is 6.90. The Morgan fingerprint density at radius 3 is 2.76 bits per heavy atom. The molecule has 3 rings (SSSR count). The zero-order valence-electron chi connectivity index (χ0n) is 15.0. The summed E-state index contributed by atoms with van der Waals surface area (Å²) in [5.41, 5.74) is 0.482. The van der Waals surface area contributed by atoms with Gasteiger partial charge in [-0.15, -0.1) is 0 Å². The van der Waals surface area contributed by atoms with E-state index in [9.17, 15) is 13.2 Å². The Balaban J connectivity index is 1.66. The number of piperidine rings is 1. The van der Waals surface area contributed by atoms with Gasteiger partial charge in [0, 0.05) is 38.3 Å². The zero-order valence-corrected chi connectivity index (χ0v) is 15.8. The molecule has 0 radical (unpaired) electrons. The molecule has 9 heteroatoms. The lowest BCUT2D eigenvalue weighted by Crippen LogP contribution is -2.51. The van der Waals surface area contributed by atoms with E-state index >= 15 is 0 Å². The van der Waals surface area contributed by atoms with E-state index in [1.54, 1.807) is 14.0 Å². The number of nitrogens with zero attached hydrogens (tertiary/aromatic N) is 3. The maximum absolute atomic E-state index is 12.9. The van der Waals surface area contributed by atoms with Crippen molar-refractivity contribution < 1.29 is 17.9 Å². The lowest BCUT2D eigenvalue weighted by atomic mass is 9.88. The predicted molar refractivity (Wildman–Crippen MR) is 91.4 cm³/mol. The Hall–Kier alpha value is -1.45. The summed E-state index contributed by atoms with van der Waals surface area (Å²) < 4.78 is 33.9. The van der Waals surface area contributed by atoms with Crippen molar-refractivity contribution in [2.24, 2.45) is 18.4 Å². The standard InChI is InChI=1S/C16H26N4O4S/c1-12-14(8-19(3)18-12)25(22,23)20-6-4-5-13(7-20)15(21)17-9-16(2)10-24-11-16/h8,13H,4-7,9-11H2,1-3H3,(H,17,21)/t13-/m0/s1. The number of hydrogen-bond donors (Lipinski definition) is 1. The molecule has 0 aliphatic carbocycles. The van der Waals surface area contributed by atoms with Crippen LogP contribution < -0.4 is 5.32 Å². The SMILES string of the molecule is Cc1nn(C)cc1S(=O)(=O)N1CCC[C@H](C(=O)NCC2(C)COC2)C1. The number of carbonyl (C=O) groups excluding carboxylic acids is 1. The molecule has 1 N–H and O–H groups in total. The third kappa shape index (κ3) is 3.73. The van der Waals surface area contributed by atoms with Gasteiger partial charge in [0.15, 0.2) is 0 Å². The smallest absolute Gasteiger partial charge is 0.246 e. The molecule has 1 aromatic heterocycles. The normalized spacial score (nSPS) is 23.9. The first-order chi connectivity index (χ1) is 11.7. The number of nitrogens with one attached hydrogen (secondary N) is 1. The minimum Gasteiger partial charge on any atom is -0.380 e. The highest BCUT2D eigenvalue weighted by Crippen LogP contribution is 2.27. The molecule has 0 saturated carbocycles. The molecule has 2 saturated heterocycles. The summed E-state index contributed by atoms with van der Waals surface area (Å²) in [6.07, 6.45) is 2.90. The van der Waals surface area contributed by atoms with E-state index < -0.39 is 10.0 Å². The number of hydrogen-bond acceptors (Lipinski definition) is 5. The van der Waals surface area contributed by atoms with E-state index in [4.69, 9.17) is 4.74 Å². The monoisotopic (exact) mass is 370 g/mol. The van der Waals surface area contributed by atoms with Gasteiger partial charge in [0.2, 0.25) is 15.9 Å². The Morgan fingerprint density at radius 2 is 2.20 bits per heavy atom. The van der Waals surface area contributed by atoms with Crippen molar-refractivity contribution in [3.05, 3.63) is 11.9 Å². The van der Waals surface area contributed by atoms with Crippen molar-refractivity contribution in [3.63, 3.8) is 0 Å². The zero-order chi connectivity index (χ0) is 18.2. The summed E-state index contributed by atoms with van der Waals surface area (Å²) in [5, 5.41) is 7.08. The molecule has 8 nitrogen and oxygen atoms in total. The van der Waals surface area contributed by atoms with Crippen molar-refractivity contribution in [1.29, 1.82) is 0 Å². The molecule has 0 bridgehead atoms. The highest BCUT2D eigenvalue weighted by molar-refractivity contribution is 7.89. The fourth-order valence-corrected chi connectivity index (χ4v) is 5.07. The molecular formula is C16H26N4O4S. The van der Waals surface area contributed by atoms with Crippen LogP contribution in [-0.4, -0.2) is 61.3 Å². The van der Waals surface area contributed by atoms with Gasteiger partial charge < -0.3 is 10.1 Å². The van der Waals surface area contributed by atoms with Gasteiger partial charge in [0.05, 0.1) is 24.8 Å². The molecule has 25 heavy (non-hydrogen) atoms. The molecule has 2 aliphatic heterocycles. The highest BCUT2D eigenvalue weighted by Gasteiger charge is 2.37. The summed E-state index contributed by atoms with van der Waals surface area (Å²) in [4.78, 5) is 12.7. The second kappa shape index (κ2) is 6.69. The fraction of sp³-hybridized carbons (Fsp3) is 0.750. The van der Waals surface area contributed by atoms with Gasteiger partial charge in [-0.2, -0.15) is 9.40 Å². The molecule has 0 spiro atoms. The van der Waals surface area contributed by atoms with E-state index in [1.165, 1.54) is 15.2 Å². The summed E-state index contributed by atoms with van der Waals surface area (Å²) in [5.74, 6) is -0.388. The largest absolute Gasteiger partial charge is 0.380 e. The van der Waals surface area contributed by atoms with E-state index in [0.29, 0.717) is 44.8 Å². The Kier molecular flexibility index (Phi) is 4.91. The van der Waals surface area contributed by atoms with Gasteiger partial charge in [-0.05, 0) is 19.8 Å². The summed E-state index contributed by atoms with van der Waals surface area (Å²) in [7, 11) is -1.93. The number of sulfonamides is 1. The van der Waals surface area contributed by atoms with Crippen LogP contribution in [-0.2, 0) is 26.6 Å². The van der Waals surface area contributed by atoms with Crippen LogP contribution in [0.4, 0.5) is 0 Å². The maximum atomic E-state index is 12.9. The van der Waals surface area contributed by atoms with Crippen LogP contribution >= 0.6 is 0 Å². The van der Waals surface area contributed by atoms with Crippen molar-refractivity contribution in [3.8, 4) is 0 Å². The van der Waals surface area contributed by atoms with E-state index in [1.807, 2.05) is 0 Å². The molecule has 2 fully saturated rings. The van der Waals surface area contributed by atoms with E-state index in [0.717, 1.165) is 0 Å². The Bertz CT molecular complexity index is 754. The molecule has 2 aliphatic rings. The van der Waals surface area contributed by atoms with Crippen molar-refractivity contribution in [1.82, 2.24) is 19.4 Å². The average Bonchev–Trinajstić information content (AvgIpc) is 2.90.